The minimum atomic E-state index is -3.18. The van der Waals surface area contributed by atoms with Gasteiger partial charge in [-0.3, -0.25) is 4.57 Å². The van der Waals surface area contributed by atoms with Crippen LogP contribution in [0.15, 0.2) is 0 Å². The van der Waals surface area contributed by atoms with Crippen LogP contribution in [-0.2, 0) is 9.36 Å². The van der Waals surface area contributed by atoms with Crippen molar-refractivity contribution in [3.63, 3.8) is 0 Å². The summed E-state index contributed by atoms with van der Waals surface area (Å²) in [7, 11) is -3.18. The second kappa shape index (κ2) is 5.33. The molecule has 0 aromatic heterocycles. The molecule has 72 valence electrons. The first kappa shape index (κ1) is 11.7. The monoisotopic (exact) mass is 193 g/mol. The third kappa shape index (κ3) is 6.38. The van der Waals surface area contributed by atoms with E-state index >= 15 is 0 Å². The van der Waals surface area contributed by atoms with Crippen LogP contribution in [0.25, 0.3) is 0 Å². The van der Waals surface area contributed by atoms with Crippen molar-refractivity contribution in [1.29, 1.82) is 0 Å². The zero-order chi connectivity index (χ0) is 9.61. The average Bonchev–Trinajstić information content (AvgIpc) is 1.98. The van der Waals surface area contributed by atoms with Crippen molar-refractivity contribution in [3.05, 3.63) is 0 Å². The highest BCUT2D eigenvalue weighted by Gasteiger charge is 2.16. The van der Waals surface area contributed by atoms with Gasteiger partial charge in [0.2, 0.25) is 7.37 Å². The van der Waals surface area contributed by atoms with E-state index in [1.807, 2.05) is 6.92 Å². The molecule has 0 amide bonds. The van der Waals surface area contributed by atoms with Gasteiger partial charge in [-0.1, -0.05) is 13.3 Å². The van der Waals surface area contributed by atoms with E-state index in [1.165, 1.54) is 0 Å². The molecule has 0 saturated carbocycles. The minimum absolute atomic E-state index is 0.157. The minimum Gasteiger partial charge on any atom is -0.550 e. The van der Waals surface area contributed by atoms with Crippen LogP contribution in [0.1, 0.15) is 26.2 Å². The van der Waals surface area contributed by atoms with Crippen molar-refractivity contribution >= 4 is 13.3 Å². The molecule has 0 rings (SSSR count). The fraction of sp³-hybridized carbons (Fsp3) is 0.857. The number of hydrogen-bond donors (Lipinski definition) is 1. The molecule has 1 N–H and O–H groups in total. The summed E-state index contributed by atoms with van der Waals surface area (Å²) in [4.78, 5) is 19.1. The highest BCUT2D eigenvalue weighted by atomic mass is 31.2. The Morgan fingerprint density at radius 1 is 1.50 bits per heavy atom. The maximum absolute atomic E-state index is 11.1. The Labute approximate surface area is 72.1 Å². The SMILES string of the molecule is CCCCP(=O)(O)CCC(=O)[O-]. The van der Waals surface area contributed by atoms with E-state index in [4.69, 9.17) is 4.89 Å². The lowest BCUT2D eigenvalue weighted by Crippen LogP contribution is -2.23. The van der Waals surface area contributed by atoms with Crippen molar-refractivity contribution in [3.8, 4) is 0 Å². The van der Waals surface area contributed by atoms with E-state index in [0.717, 1.165) is 6.42 Å². The predicted molar refractivity (Wildman–Crippen MR) is 44.1 cm³/mol. The van der Waals surface area contributed by atoms with Gasteiger partial charge in [0.25, 0.3) is 0 Å². The van der Waals surface area contributed by atoms with Crippen LogP contribution in [0, 0.1) is 0 Å². The molecule has 12 heavy (non-hydrogen) atoms. The second-order valence-electron chi connectivity index (χ2n) is 2.77. The number of carbonyl (C=O) groups excluding carboxylic acids is 1. The maximum Gasteiger partial charge on any atom is 0.201 e. The largest absolute Gasteiger partial charge is 0.550 e. The highest BCUT2D eigenvalue weighted by molar-refractivity contribution is 7.58. The number of carboxylic acids is 1. The lowest BCUT2D eigenvalue weighted by atomic mass is 10.4. The molecule has 0 fully saturated rings. The first-order chi connectivity index (χ1) is 5.48. The standard InChI is InChI=1S/C7H15O4P/c1-2-3-5-12(10,11)6-4-7(8)9/h2-6H2,1H3,(H,8,9)(H,10,11)/p-1. The zero-order valence-electron chi connectivity index (χ0n) is 7.15. The van der Waals surface area contributed by atoms with Gasteiger partial charge in [0, 0.05) is 18.3 Å². The first-order valence-corrected chi connectivity index (χ1v) is 6.01. The summed E-state index contributed by atoms with van der Waals surface area (Å²) >= 11 is 0. The van der Waals surface area contributed by atoms with Crippen molar-refractivity contribution in [2.24, 2.45) is 0 Å². The molecule has 0 aromatic rings. The van der Waals surface area contributed by atoms with Crippen molar-refractivity contribution in [2.45, 2.75) is 26.2 Å². The molecule has 0 spiro atoms. The van der Waals surface area contributed by atoms with Gasteiger partial charge in [0.1, 0.15) is 0 Å². The summed E-state index contributed by atoms with van der Waals surface area (Å²) in [5, 5.41) is 9.98. The van der Waals surface area contributed by atoms with E-state index < -0.39 is 13.3 Å². The highest BCUT2D eigenvalue weighted by Crippen LogP contribution is 2.41. The third-order valence-corrected chi connectivity index (χ3v) is 3.46. The van der Waals surface area contributed by atoms with Crippen molar-refractivity contribution in [2.75, 3.05) is 12.3 Å². The van der Waals surface area contributed by atoms with E-state index in [1.54, 1.807) is 0 Å². The van der Waals surface area contributed by atoms with Crippen LogP contribution in [0.2, 0.25) is 0 Å². The van der Waals surface area contributed by atoms with Gasteiger partial charge in [0.15, 0.2) is 0 Å². The Kier molecular flexibility index (Phi) is 5.18. The molecule has 0 aliphatic rings. The summed E-state index contributed by atoms with van der Waals surface area (Å²) in [5.74, 6) is -1.26. The van der Waals surface area contributed by atoms with Gasteiger partial charge in [-0.2, -0.15) is 0 Å². The van der Waals surface area contributed by atoms with Crippen LogP contribution in [0.3, 0.4) is 0 Å². The fourth-order valence-electron chi connectivity index (χ4n) is 0.783. The Balaban J connectivity index is 3.71. The number of hydrogen-bond acceptors (Lipinski definition) is 3. The quantitative estimate of drug-likeness (QED) is 0.611. The van der Waals surface area contributed by atoms with Gasteiger partial charge in [-0.25, -0.2) is 0 Å². The van der Waals surface area contributed by atoms with Crippen LogP contribution >= 0.6 is 7.37 Å². The van der Waals surface area contributed by atoms with Gasteiger partial charge >= 0.3 is 0 Å². The van der Waals surface area contributed by atoms with E-state index in [-0.39, 0.29) is 18.7 Å². The average molecular weight is 193 g/mol. The normalized spacial score (nSPS) is 15.5. The lowest BCUT2D eigenvalue weighted by Gasteiger charge is -2.10. The Hall–Kier alpha value is -0.340. The zero-order valence-corrected chi connectivity index (χ0v) is 8.05. The molecule has 0 saturated heterocycles. The van der Waals surface area contributed by atoms with Crippen molar-refractivity contribution < 1.29 is 19.4 Å². The number of aliphatic carboxylic acids is 1. The Bertz CT molecular complexity index is 190. The molecule has 0 bridgehead atoms. The molecule has 0 heterocycles. The number of carboxylic acid groups (broad SMARTS) is 1. The van der Waals surface area contributed by atoms with Crippen LogP contribution in [0.4, 0.5) is 0 Å². The van der Waals surface area contributed by atoms with Crippen molar-refractivity contribution in [1.82, 2.24) is 0 Å². The molecule has 0 aliphatic heterocycles. The van der Waals surface area contributed by atoms with Gasteiger partial charge in [-0.05, 0) is 12.8 Å². The van der Waals surface area contributed by atoms with Crippen LogP contribution in [-0.4, -0.2) is 23.2 Å². The molecular formula is C7H14O4P-. The van der Waals surface area contributed by atoms with Crippen LogP contribution in [0.5, 0.6) is 0 Å². The molecule has 1 unspecified atom stereocenters. The second-order valence-corrected chi connectivity index (χ2v) is 5.36. The number of carbonyl (C=O) groups is 1. The van der Waals surface area contributed by atoms with Gasteiger partial charge in [0.05, 0.1) is 0 Å². The summed E-state index contributed by atoms with van der Waals surface area (Å²) in [6, 6.07) is 0. The molecule has 1 atom stereocenters. The first-order valence-electron chi connectivity index (χ1n) is 3.98. The van der Waals surface area contributed by atoms with Crippen LogP contribution < -0.4 is 5.11 Å². The fourth-order valence-corrected chi connectivity index (χ4v) is 2.35. The summed E-state index contributed by atoms with van der Waals surface area (Å²) in [5.41, 5.74) is 0. The van der Waals surface area contributed by atoms with E-state index in [0.29, 0.717) is 6.42 Å². The topological polar surface area (TPSA) is 77.4 Å². The molecule has 0 aliphatic carbocycles. The molecular weight excluding hydrogens is 179 g/mol. The predicted octanol–water partition coefficient (Wildman–Crippen LogP) is 0.197. The molecule has 0 aromatic carbocycles. The van der Waals surface area contributed by atoms with E-state index in [9.17, 15) is 14.5 Å². The Morgan fingerprint density at radius 2 is 2.08 bits per heavy atom. The summed E-state index contributed by atoms with van der Waals surface area (Å²) < 4.78 is 11.1. The maximum atomic E-state index is 11.1. The molecule has 0 radical (unpaired) electrons. The smallest absolute Gasteiger partial charge is 0.201 e. The molecule has 5 heteroatoms. The number of unbranched alkanes of at least 4 members (excludes halogenated alkanes) is 1. The van der Waals surface area contributed by atoms with Gasteiger partial charge < -0.3 is 14.8 Å². The van der Waals surface area contributed by atoms with E-state index in [2.05, 4.69) is 0 Å². The summed E-state index contributed by atoms with van der Waals surface area (Å²) in [6.45, 7) is 1.92. The number of rotatable bonds is 6. The van der Waals surface area contributed by atoms with Gasteiger partial charge in [-0.15, -0.1) is 0 Å². The Morgan fingerprint density at radius 3 is 2.50 bits per heavy atom. The third-order valence-electron chi connectivity index (χ3n) is 1.53. The molecule has 4 nitrogen and oxygen atoms in total. The summed E-state index contributed by atoms with van der Waals surface area (Å²) in [6.07, 6.45) is 1.25. The lowest BCUT2D eigenvalue weighted by molar-refractivity contribution is -0.305.